The van der Waals surface area contributed by atoms with E-state index in [0.717, 1.165) is 37.2 Å². The van der Waals surface area contributed by atoms with Gasteiger partial charge in [0.05, 0.1) is 18.8 Å². The van der Waals surface area contributed by atoms with Crippen molar-refractivity contribution in [2.45, 2.75) is 103 Å². The minimum Gasteiger partial charge on any atom is -0.477 e. The van der Waals surface area contributed by atoms with Gasteiger partial charge in [0.15, 0.2) is 6.04 Å². The van der Waals surface area contributed by atoms with Crippen LogP contribution in [-0.4, -0.2) is 81.3 Å². The van der Waals surface area contributed by atoms with Crippen LogP contribution in [-0.2, 0) is 19.2 Å². The number of fused-ring (bicyclic) bond motifs is 1. The molecule has 38 heavy (non-hydrogen) atoms. The molecule has 12 nitrogen and oxygen atoms in total. The van der Waals surface area contributed by atoms with Gasteiger partial charge in [0.2, 0.25) is 23.8 Å². The molecule has 3 rings (SSSR count). The first-order valence-electron chi connectivity index (χ1n) is 14.1. The highest BCUT2D eigenvalue weighted by atomic mass is 16.5. The van der Waals surface area contributed by atoms with Crippen LogP contribution in [0, 0.1) is 11.8 Å². The summed E-state index contributed by atoms with van der Waals surface area (Å²) < 4.78 is 0. The van der Waals surface area contributed by atoms with Gasteiger partial charge >= 0.3 is 5.97 Å². The number of rotatable bonds is 12. The smallest absolute Gasteiger partial charge is 0.364 e. The quantitative estimate of drug-likeness (QED) is 0.150. The first kappa shape index (κ1) is 29.9. The maximum Gasteiger partial charge on any atom is 0.364 e. The zero-order valence-electron chi connectivity index (χ0n) is 22.8. The number of quaternary nitrogens is 1. The maximum absolute atomic E-state index is 13.8. The van der Waals surface area contributed by atoms with E-state index in [2.05, 4.69) is 17.7 Å². The van der Waals surface area contributed by atoms with Crippen LogP contribution in [0.5, 0.6) is 0 Å². The van der Waals surface area contributed by atoms with E-state index >= 15 is 0 Å². The van der Waals surface area contributed by atoms with Gasteiger partial charge in [-0.15, -0.1) is 0 Å². The number of hydrogen-bond donors (Lipinski definition) is 6. The first-order chi connectivity index (χ1) is 18.2. The lowest BCUT2D eigenvalue weighted by Gasteiger charge is -2.42. The van der Waals surface area contributed by atoms with Gasteiger partial charge in [-0.3, -0.25) is 24.6 Å². The molecule has 0 aromatic carbocycles. The van der Waals surface area contributed by atoms with Crippen LogP contribution in [0.15, 0.2) is 12.3 Å². The summed E-state index contributed by atoms with van der Waals surface area (Å²) in [5, 5.41) is 26.3. The molecular weight excluding hydrogens is 492 g/mol. The maximum atomic E-state index is 13.8. The second-order valence-electron chi connectivity index (χ2n) is 10.8. The number of nitrogens with zero attached hydrogens (tertiary/aromatic N) is 2. The Morgan fingerprint density at radius 3 is 2.61 bits per heavy atom. The van der Waals surface area contributed by atoms with E-state index in [9.17, 15) is 24.3 Å². The van der Waals surface area contributed by atoms with Gasteiger partial charge < -0.3 is 10.4 Å². The average Bonchev–Trinajstić information content (AvgIpc) is 3.36. The molecule has 2 fully saturated rings. The molecule has 7 atom stereocenters. The molecule has 6 N–H and O–H groups in total. The Kier molecular flexibility index (Phi) is 10.9. The molecule has 214 valence electrons. The molecule has 0 radical (unpaired) electrons. The van der Waals surface area contributed by atoms with Crippen molar-refractivity contribution in [3.8, 4) is 0 Å². The van der Waals surface area contributed by atoms with Crippen LogP contribution in [0.1, 0.15) is 78.6 Å². The Morgan fingerprint density at radius 2 is 1.95 bits per heavy atom. The lowest BCUT2D eigenvalue weighted by Crippen LogP contribution is -3.25. The Morgan fingerprint density at radius 1 is 1.18 bits per heavy atom. The molecule has 0 aromatic rings. The van der Waals surface area contributed by atoms with Crippen LogP contribution in [0.2, 0.25) is 0 Å². The zero-order valence-corrected chi connectivity index (χ0v) is 22.8. The van der Waals surface area contributed by atoms with E-state index in [1.165, 1.54) is 5.01 Å². The molecule has 7 unspecified atom stereocenters. The Bertz CT molecular complexity index is 884. The standard InChI is InChI=1S/C26H44N6O6/c1-4-6-9-18(16-22(33)29-38)25(35)31-20(10-7-13-27-31)24(34)28-23(17(3)5-2)19-12-15-30-14-8-11-21(26(36)37)32(19)30/h12,15,17-21,23,27,38H,4-11,13-14,16H2,1-3H3,(H,28,34)(H,29,33)(H,36,37)/p+1. The molecule has 12 heteroatoms. The fourth-order valence-corrected chi connectivity index (χ4v) is 5.92. The largest absolute Gasteiger partial charge is 0.477 e. The summed E-state index contributed by atoms with van der Waals surface area (Å²) in [6.45, 7) is 7.40. The number of carbonyl (C=O) groups excluding carboxylic acids is 3. The molecule has 3 heterocycles. The van der Waals surface area contributed by atoms with E-state index in [1.807, 2.05) is 31.1 Å². The van der Waals surface area contributed by atoms with E-state index in [0.29, 0.717) is 32.2 Å². The van der Waals surface area contributed by atoms with Crippen molar-refractivity contribution < 1.29 is 34.5 Å². The zero-order chi connectivity index (χ0) is 27.8. The predicted molar refractivity (Wildman–Crippen MR) is 138 cm³/mol. The number of hydrogen-bond acceptors (Lipinski definition) is 7. The van der Waals surface area contributed by atoms with Crippen LogP contribution in [0.4, 0.5) is 0 Å². The van der Waals surface area contributed by atoms with Gasteiger partial charge in [-0.25, -0.2) is 25.7 Å². The molecule has 3 aliphatic rings. The van der Waals surface area contributed by atoms with Crippen molar-refractivity contribution in [3.63, 3.8) is 0 Å². The number of carbonyl (C=O) groups is 4. The van der Waals surface area contributed by atoms with Crippen molar-refractivity contribution in [2.24, 2.45) is 11.8 Å². The summed E-state index contributed by atoms with van der Waals surface area (Å²) in [5.74, 6) is -2.68. The number of aliphatic carboxylic acids is 1. The first-order valence-corrected chi connectivity index (χ1v) is 14.1. The summed E-state index contributed by atoms with van der Waals surface area (Å²) >= 11 is 0. The van der Waals surface area contributed by atoms with Crippen LogP contribution < -0.4 is 21.2 Å². The van der Waals surface area contributed by atoms with Crippen LogP contribution >= 0.6 is 0 Å². The van der Waals surface area contributed by atoms with E-state index in [1.54, 1.807) is 5.48 Å². The lowest BCUT2D eigenvalue weighted by atomic mass is 9.90. The highest BCUT2D eigenvalue weighted by Crippen LogP contribution is 2.22. The van der Waals surface area contributed by atoms with E-state index in [-0.39, 0.29) is 36.2 Å². The third kappa shape index (κ3) is 6.83. The van der Waals surface area contributed by atoms with Crippen LogP contribution in [0.25, 0.3) is 0 Å². The van der Waals surface area contributed by atoms with Gasteiger partial charge in [-0.2, -0.15) is 0 Å². The average molecular weight is 538 g/mol. The number of carboxylic acids is 1. The molecule has 0 spiro atoms. The van der Waals surface area contributed by atoms with E-state index < -0.39 is 29.9 Å². The van der Waals surface area contributed by atoms with Gasteiger partial charge in [-0.05, 0) is 37.7 Å². The summed E-state index contributed by atoms with van der Waals surface area (Å²) in [6, 6.07) is -1.89. The van der Waals surface area contributed by atoms with Gasteiger partial charge in [-0.1, -0.05) is 40.0 Å². The Hall–Kier alpha value is -2.70. The number of amides is 3. The minimum absolute atomic E-state index is 0.0728. The fraction of sp³-hybridized carbons (Fsp3) is 0.769. The molecular formula is C26H45N6O6+. The highest BCUT2D eigenvalue weighted by molar-refractivity contribution is 5.90. The predicted octanol–water partition coefficient (Wildman–Crippen LogP) is -0.0404. The van der Waals surface area contributed by atoms with Crippen molar-refractivity contribution in [1.82, 2.24) is 26.2 Å². The third-order valence-corrected chi connectivity index (χ3v) is 8.25. The second-order valence-corrected chi connectivity index (χ2v) is 10.8. The van der Waals surface area contributed by atoms with Gasteiger partial charge in [0.1, 0.15) is 6.04 Å². The number of nitrogens with one attached hydrogen (secondary N) is 4. The monoisotopic (exact) mass is 537 g/mol. The fourth-order valence-electron chi connectivity index (χ4n) is 5.92. The van der Waals surface area contributed by atoms with Crippen LogP contribution in [0.3, 0.4) is 0 Å². The summed E-state index contributed by atoms with van der Waals surface area (Å²) in [5.41, 5.74) is 4.69. The Labute approximate surface area is 224 Å². The SMILES string of the molecule is CCCCC(CC(=O)NO)C(=O)N1NCCCC1C(=O)NC(C(C)CC)C1C=CN2CCCC(C(=O)O)[NH+]12. The molecule has 3 aliphatic heterocycles. The molecule has 0 aliphatic carbocycles. The van der Waals surface area contributed by atoms with Gasteiger partial charge in [0, 0.05) is 25.3 Å². The number of unbranched alkanes of at least 4 members (excludes halogenated alkanes) is 1. The van der Waals surface area contributed by atoms with Crippen molar-refractivity contribution in [1.29, 1.82) is 0 Å². The summed E-state index contributed by atoms with van der Waals surface area (Å²) in [6.07, 6.45) is 9.21. The molecule has 3 amide bonds. The Balaban J connectivity index is 1.80. The highest BCUT2D eigenvalue weighted by Gasteiger charge is 2.49. The van der Waals surface area contributed by atoms with E-state index in [4.69, 9.17) is 5.21 Å². The number of carboxylic acid groups (broad SMARTS) is 1. The molecule has 0 bridgehead atoms. The van der Waals surface area contributed by atoms with Crippen molar-refractivity contribution >= 4 is 23.7 Å². The topological polar surface area (TPSA) is 156 Å². The van der Waals surface area contributed by atoms with Crippen molar-refractivity contribution in [2.75, 3.05) is 13.1 Å². The molecule has 2 saturated heterocycles. The lowest BCUT2D eigenvalue weighted by molar-refractivity contribution is -1.04. The van der Waals surface area contributed by atoms with Gasteiger partial charge in [0.25, 0.3) is 0 Å². The second kappa shape index (κ2) is 13.9. The third-order valence-electron chi connectivity index (χ3n) is 8.25. The summed E-state index contributed by atoms with van der Waals surface area (Å²) in [4.78, 5) is 51.3. The molecule has 0 saturated carbocycles. The normalized spacial score (nSPS) is 27.3. The van der Waals surface area contributed by atoms with Crippen molar-refractivity contribution in [3.05, 3.63) is 12.3 Å². The minimum atomic E-state index is -0.842. The number of hydrazine groups is 1. The molecule has 0 aromatic heterocycles. The summed E-state index contributed by atoms with van der Waals surface area (Å²) in [7, 11) is 0. The number of hydroxylamine groups is 1.